The van der Waals surface area contributed by atoms with Gasteiger partial charge in [0.15, 0.2) is 22.8 Å². The second-order valence-corrected chi connectivity index (χ2v) is 9.93. The van der Waals surface area contributed by atoms with E-state index in [1.807, 2.05) is 34.6 Å². The van der Waals surface area contributed by atoms with E-state index >= 15 is 0 Å². The molecule has 0 bridgehead atoms. The molecule has 2 atom stereocenters. The normalized spacial score (nSPS) is 21.9. The molecule has 3 heterocycles. The zero-order valence-electron chi connectivity index (χ0n) is 20.0. The Morgan fingerprint density at radius 2 is 1.79 bits per heavy atom. The van der Waals surface area contributed by atoms with Crippen LogP contribution in [0, 0.1) is 0 Å². The van der Waals surface area contributed by atoms with Crippen LogP contribution in [0.2, 0.25) is 0 Å². The fourth-order valence-electron chi connectivity index (χ4n) is 4.27. The third-order valence-electron chi connectivity index (χ3n) is 6.89. The number of aromatic hydroxyl groups is 2. The molecule has 2 N–H and O–H groups in total. The summed E-state index contributed by atoms with van der Waals surface area (Å²) in [6.07, 6.45) is 1.20. The van der Waals surface area contributed by atoms with Gasteiger partial charge in [-0.2, -0.15) is 0 Å². The highest BCUT2D eigenvalue weighted by molar-refractivity contribution is 5.95. The largest absolute Gasteiger partial charge is 0.507 e. The van der Waals surface area contributed by atoms with Crippen molar-refractivity contribution in [3.8, 4) is 39.9 Å². The quantitative estimate of drug-likeness (QED) is 0.537. The molecule has 2 unspecified atom stereocenters. The Hall–Kier alpha value is -3.39. The van der Waals surface area contributed by atoms with Crippen LogP contribution in [0.4, 0.5) is 0 Å². The summed E-state index contributed by atoms with van der Waals surface area (Å²) in [5.74, 6) is 0.607. The molecule has 1 aromatic heterocycles. The van der Waals surface area contributed by atoms with E-state index in [1.54, 1.807) is 6.07 Å². The summed E-state index contributed by atoms with van der Waals surface area (Å²) in [4.78, 5) is 13.7. The Labute approximate surface area is 196 Å². The lowest BCUT2D eigenvalue weighted by Gasteiger charge is -2.39. The van der Waals surface area contributed by atoms with E-state index in [0.29, 0.717) is 29.0 Å². The maximum atomic E-state index is 13.7. The van der Waals surface area contributed by atoms with Gasteiger partial charge in [-0.25, -0.2) is 0 Å². The van der Waals surface area contributed by atoms with Gasteiger partial charge in [0.1, 0.15) is 29.1 Å². The minimum absolute atomic E-state index is 0.00672. The van der Waals surface area contributed by atoms with Gasteiger partial charge in [-0.05, 0) is 52.3 Å². The number of hydrogen-bond donors (Lipinski definition) is 2. The summed E-state index contributed by atoms with van der Waals surface area (Å²) in [5.41, 5.74) is -0.179. The molecule has 180 valence electrons. The molecule has 3 aromatic rings. The average Bonchev–Trinajstić information content (AvgIpc) is 3.38. The summed E-state index contributed by atoms with van der Waals surface area (Å²) < 4.78 is 29.3. The van der Waals surface area contributed by atoms with E-state index in [-0.39, 0.29) is 51.6 Å². The molecule has 2 aromatic carbocycles. The van der Waals surface area contributed by atoms with Crippen LogP contribution in [0.3, 0.4) is 0 Å². The van der Waals surface area contributed by atoms with Crippen molar-refractivity contribution in [2.24, 2.45) is 0 Å². The van der Waals surface area contributed by atoms with E-state index in [1.165, 1.54) is 25.5 Å². The molecule has 2 aliphatic rings. The number of ether oxygens (including phenoxy) is 4. The van der Waals surface area contributed by atoms with Gasteiger partial charge in [0.2, 0.25) is 11.2 Å². The second kappa shape index (κ2) is 7.30. The van der Waals surface area contributed by atoms with Crippen molar-refractivity contribution >= 4 is 11.0 Å². The molecule has 1 saturated heterocycles. The van der Waals surface area contributed by atoms with Crippen molar-refractivity contribution < 1.29 is 33.6 Å². The minimum Gasteiger partial charge on any atom is -0.507 e. The predicted octanol–water partition coefficient (Wildman–Crippen LogP) is 4.54. The number of phenols is 2. The van der Waals surface area contributed by atoms with Gasteiger partial charge in [0, 0.05) is 12.0 Å². The van der Waals surface area contributed by atoms with E-state index in [2.05, 4.69) is 0 Å². The molecule has 8 heteroatoms. The Balaban J connectivity index is 1.76. The van der Waals surface area contributed by atoms with Crippen LogP contribution in [0.25, 0.3) is 22.1 Å². The lowest BCUT2D eigenvalue weighted by molar-refractivity contribution is -0.0330. The first-order valence-corrected chi connectivity index (χ1v) is 11.2. The first-order valence-electron chi connectivity index (χ1n) is 11.2. The lowest BCUT2D eigenvalue weighted by Crippen LogP contribution is -2.46. The zero-order chi connectivity index (χ0) is 24.6. The van der Waals surface area contributed by atoms with Crippen LogP contribution < -0.4 is 19.6 Å². The number of epoxide rings is 1. The van der Waals surface area contributed by atoms with Crippen LogP contribution in [-0.4, -0.2) is 40.7 Å². The third kappa shape index (κ3) is 3.36. The number of benzene rings is 2. The fourth-order valence-corrected chi connectivity index (χ4v) is 4.27. The van der Waals surface area contributed by atoms with Crippen molar-refractivity contribution in [3.05, 3.63) is 40.2 Å². The Kier molecular flexibility index (Phi) is 4.81. The highest BCUT2D eigenvalue weighted by Gasteiger charge is 2.49. The van der Waals surface area contributed by atoms with Gasteiger partial charge in [-0.3, -0.25) is 4.79 Å². The van der Waals surface area contributed by atoms with Crippen molar-refractivity contribution in [3.63, 3.8) is 0 Å². The van der Waals surface area contributed by atoms with Gasteiger partial charge < -0.3 is 33.6 Å². The van der Waals surface area contributed by atoms with Crippen molar-refractivity contribution in [2.45, 2.75) is 64.4 Å². The van der Waals surface area contributed by atoms with Crippen molar-refractivity contribution in [1.82, 2.24) is 0 Å². The Bertz CT molecular complexity index is 1370. The molecule has 0 amide bonds. The lowest BCUT2D eigenvalue weighted by atomic mass is 9.94. The second-order valence-electron chi connectivity index (χ2n) is 9.93. The van der Waals surface area contributed by atoms with E-state index < -0.39 is 11.0 Å². The van der Waals surface area contributed by atoms with Gasteiger partial charge in [0.05, 0.1) is 24.4 Å². The first-order chi connectivity index (χ1) is 15.9. The molecular formula is C26H28O8. The monoisotopic (exact) mass is 468 g/mol. The molecule has 34 heavy (non-hydrogen) atoms. The molecule has 5 rings (SSSR count). The summed E-state index contributed by atoms with van der Waals surface area (Å²) >= 11 is 0. The van der Waals surface area contributed by atoms with Gasteiger partial charge in [0.25, 0.3) is 0 Å². The van der Waals surface area contributed by atoms with Crippen LogP contribution >= 0.6 is 0 Å². The van der Waals surface area contributed by atoms with Crippen LogP contribution in [-0.2, 0) is 11.2 Å². The Morgan fingerprint density at radius 3 is 2.44 bits per heavy atom. The molecule has 2 aliphatic heterocycles. The molecule has 0 radical (unpaired) electrons. The molecule has 0 spiro atoms. The molecule has 8 nitrogen and oxygen atoms in total. The van der Waals surface area contributed by atoms with Crippen molar-refractivity contribution in [2.75, 3.05) is 7.11 Å². The molecular weight excluding hydrogens is 440 g/mol. The van der Waals surface area contributed by atoms with E-state index in [4.69, 9.17) is 23.4 Å². The number of phenolic OH excluding ortho intramolecular Hbond substituents is 2. The summed E-state index contributed by atoms with van der Waals surface area (Å²) in [6.45, 7) is 9.62. The van der Waals surface area contributed by atoms with Crippen molar-refractivity contribution in [1.29, 1.82) is 0 Å². The summed E-state index contributed by atoms with van der Waals surface area (Å²) in [7, 11) is 1.42. The van der Waals surface area contributed by atoms with E-state index in [0.717, 1.165) is 0 Å². The number of methoxy groups -OCH3 is 1. The topological polar surface area (TPSA) is 111 Å². The Morgan fingerprint density at radius 1 is 1.09 bits per heavy atom. The molecule has 0 saturated carbocycles. The standard InChI is InChI=1S/C26H28O8/c1-12-25(2,3)34-22-14(10-18-26(4,5)33-18)20(28)19-21(29)15(11-31-23(19)24(22)32-12)13-7-8-16(27)17(9-13)30-6/h7-9,11-12,18,27-28H,10H2,1-6H3. The number of hydrogen-bond acceptors (Lipinski definition) is 8. The fraction of sp³-hybridized carbons (Fsp3) is 0.423. The van der Waals surface area contributed by atoms with Gasteiger partial charge >= 0.3 is 0 Å². The first kappa shape index (κ1) is 22.4. The summed E-state index contributed by atoms with van der Waals surface area (Å²) in [5, 5.41) is 21.3. The maximum Gasteiger partial charge on any atom is 0.206 e. The predicted molar refractivity (Wildman–Crippen MR) is 125 cm³/mol. The number of fused-ring (bicyclic) bond motifs is 3. The average molecular weight is 469 g/mol. The third-order valence-corrected chi connectivity index (χ3v) is 6.89. The molecule has 0 aliphatic carbocycles. The van der Waals surface area contributed by atoms with Crippen LogP contribution in [0.1, 0.15) is 40.2 Å². The smallest absolute Gasteiger partial charge is 0.206 e. The zero-order valence-corrected chi connectivity index (χ0v) is 20.0. The van der Waals surface area contributed by atoms with Gasteiger partial charge in [-0.15, -0.1) is 0 Å². The highest BCUT2D eigenvalue weighted by Crippen LogP contribution is 2.52. The highest BCUT2D eigenvalue weighted by atomic mass is 16.6. The maximum absolute atomic E-state index is 13.7. The minimum atomic E-state index is -0.662. The van der Waals surface area contributed by atoms with E-state index in [9.17, 15) is 15.0 Å². The van der Waals surface area contributed by atoms with Gasteiger partial charge in [-0.1, -0.05) is 6.07 Å². The van der Waals surface area contributed by atoms with Crippen LogP contribution in [0.15, 0.2) is 33.7 Å². The van der Waals surface area contributed by atoms with Crippen LogP contribution in [0.5, 0.6) is 28.7 Å². The summed E-state index contributed by atoms with van der Waals surface area (Å²) in [6, 6.07) is 4.55. The SMILES string of the molecule is COc1cc(-c2coc3c4c(c(CC5OC5(C)C)c(O)c3c2=O)OC(C)(C)C(C)O4)ccc1O. The number of rotatable bonds is 4. The molecule has 1 fully saturated rings.